The molecule has 1 aromatic carbocycles. The highest BCUT2D eigenvalue weighted by Crippen LogP contribution is 2.19. The van der Waals surface area contributed by atoms with Crippen LogP contribution in [0.25, 0.3) is 0 Å². The van der Waals surface area contributed by atoms with E-state index in [1.54, 1.807) is 6.92 Å². The van der Waals surface area contributed by atoms with Gasteiger partial charge in [0.25, 0.3) is 0 Å². The summed E-state index contributed by atoms with van der Waals surface area (Å²) in [7, 11) is 0. The summed E-state index contributed by atoms with van der Waals surface area (Å²) in [6, 6.07) is 3.32. The summed E-state index contributed by atoms with van der Waals surface area (Å²) in [6.45, 7) is 1.56. The zero-order valence-corrected chi connectivity index (χ0v) is 9.53. The maximum atomic E-state index is 12.7. The van der Waals surface area contributed by atoms with Crippen molar-refractivity contribution in [1.29, 1.82) is 0 Å². The monoisotopic (exact) mass is 252 g/mol. The van der Waals surface area contributed by atoms with Crippen LogP contribution in [-0.4, -0.2) is 11.9 Å². The molecule has 0 bridgehead atoms. The van der Waals surface area contributed by atoms with E-state index in [-0.39, 0.29) is 23.3 Å². The number of carbonyl (C=O) groups excluding carboxylic acids is 1. The summed E-state index contributed by atoms with van der Waals surface area (Å²) in [6.07, 6.45) is 0. The topological polar surface area (TPSA) is 55.1 Å². The number of nitrogens with one attached hydrogen (secondary N) is 1. The van der Waals surface area contributed by atoms with Gasteiger partial charge in [-0.15, -0.1) is 12.4 Å². The molecule has 1 aromatic rings. The Morgan fingerprint density at radius 2 is 2.20 bits per heavy atom. The number of hydrogen-bond donors (Lipinski definition) is 2. The number of anilines is 1. The van der Waals surface area contributed by atoms with Crippen LogP contribution in [0.1, 0.15) is 6.92 Å². The molecule has 0 saturated carbocycles. The first-order valence-electron chi connectivity index (χ1n) is 4.02. The van der Waals surface area contributed by atoms with Gasteiger partial charge in [0.05, 0.1) is 11.1 Å². The van der Waals surface area contributed by atoms with Crippen LogP contribution in [0, 0.1) is 5.82 Å². The molecule has 0 aliphatic heterocycles. The van der Waals surface area contributed by atoms with Crippen molar-refractivity contribution in [3.8, 4) is 0 Å². The molecule has 0 saturated heterocycles. The van der Waals surface area contributed by atoms with Crippen LogP contribution in [0.3, 0.4) is 0 Å². The summed E-state index contributed by atoms with van der Waals surface area (Å²) in [5.74, 6) is -0.863. The fraction of sp³-hybridized carbons (Fsp3) is 0.222. The highest BCUT2D eigenvalue weighted by atomic mass is 35.5. The van der Waals surface area contributed by atoms with Gasteiger partial charge in [0.15, 0.2) is 0 Å². The van der Waals surface area contributed by atoms with Gasteiger partial charge in [-0.25, -0.2) is 4.39 Å². The molecule has 0 aliphatic rings. The van der Waals surface area contributed by atoms with Crippen molar-refractivity contribution in [2.45, 2.75) is 13.0 Å². The molecule has 3 nitrogen and oxygen atoms in total. The van der Waals surface area contributed by atoms with Gasteiger partial charge in [-0.2, -0.15) is 0 Å². The Labute approximate surface area is 98.2 Å². The molecular formula is C9H11Cl2FN2O. The lowest BCUT2D eigenvalue weighted by molar-refractivity contribution is -0.117. The second kappa shape index (κ2) is 5.90. The maximum Gasteiger partial charge on any atom is 0.240 e. The molecular weight excluding hydrogens is 242 g/mol. The predicted molar refractivity (Wildman–Crippen MR) is 60.9 cm³/mol. The Hall–Kier alpha value is -0.840. The first-order valence-corrected chi connectivity index (χ1v) is 4.40. The number of carbonyl (C=O) groups is 1. The fourth-order valence-electron chi connectivity index (χ4n) is 0.830. The predicted octanol–water partition coefficient (Wildman–Crippen LogP) is 2.19. The Morgan fingerprint density at radius 3 is 2.67 bits per heavy atom. The molecule has 15 heavy (non-hydrogen) atoms. The summed E-state index contributed by atoms with van der Waals surface area (Å²) in [4.78, 5) is 11.1. The number of halogens is 3. The number of rotatable bonds is 2. The quantitative estimate of drug-likeness (QED) is 0.848. The zero-order valence-electron chi connectivity index (χ0n) is 7.96. The van der Waals surface area contributed by atoms with E-state index in [1.165, 1.54) is 18.2 Å². The third kappa shape index (κ3) is 4.03. The summed E-state index contributed by atoms with van der Waals surface area (Å²) in [5, 5.41) is 2.46. The minimum absolute atomic E-state index is 0. The first-order chi connectivity index (χ1) is 6.50. The van der Waals surface area contributed by atoms with Crippen LogP contribution in [0.5, 0.6) is 0 Å². The Morgan fingerprint density at radius 1 is 1.60 bits per heavy atom. The number of amides is 1. The molecule has 1 unspecified atom stereocenters. The summed E-state index contributed by atoms with van der Waals surface area (Å²) >= 11 is 5.52. The molecule has 0 spiro atoms. The maximum absolute atomic E-state index is 12.7. The first kappa shape index (κ1) is 14.2. The van der Waals surface area contributed by atoms with Crippen LogP contribution in [-0.2, 0) is 4.79 Å². The van der Waals surface area contributed by atoms with Crippen molar-refractivity contribution >= 4 is 35.6 Å². The van der Waals surface area contributed by atoms with Crippen LogP contribution >= 0.6 is 24.0 Å². The molecule has 84 valence electrons. The van der Waals surface area contributed by atoms with Gasteiger partial charge in [0.2, 0.25) is 5.91 Å². The minimum atomic E-state index is -0.612. The van der Waals surface area contributed by atoms with Gasteiger partial charge in [-0.3, -0.25) is 4.79 Å². The van der Waals surface area contributed by atoms with Gasteiger partial charge in [-0.05, 0) is 25.1 Å². The van der Waals surface area contributed by atoms with Crippen LogP contribution < -0.4 is 11.1 Å². The van der Waals surface area contributed by atoms with E-state index in [4.69, 9.17) is 17.3 Å². The summed E-state index contributed by atoms with van der Waals surface area (Å²) in [5.41, 5.74) is 5.76. The number of hydrogen-bond acceptors (Lipinski definition) is 2. The standard InChI is InChI=1S/C9H10ClFN2O.ClH/c1-5(12)9(14)13-6-2-3-8(11)7(10)4-6;/h2-5H,12H2,1H3,(H,13,14);1H. The number of nitrogens with two attached hydrogens (primary N) is 1. The molecule has 1 atom stereocenters. The van der Waals surface area contributed by atoms with E-state index in [0.29, 0.717) is 5.69 Å². The van der Waals surface area contributed by atoms with Gasteiger partial charge in [0.1, 0.15) is 5.82 Å². The Balaban J connectivity index is 0.00000196. The molecule has 6 heteroatoms. The zero-order chi connectivity index (χ0) is 10.7. The lowest BCUT2D eigenvalue weighted by Crippen LogP contribution is -2.32. The molecule has 1 rings (SSSR count). The molecule has 0 aliphatic carbocycles. The lowest BCUT2D eigenvalue weighted by atomic mass is 10.3. The van der Waals surface area contributed by atoms with E-state index in [0.717, 1.165) is 0 Å². The van der Waals surface area contributed by atoms with Crippen LogP contribution in [0.15, 0.2) is 18.2 Å². The van der Waals surface area contributed by atoms with Crippen molar-refractivity contribution in [2.24, 2.45) is 5.73 Å². The molecule has 0 fully saturated rings. The van der Waals surface area contributed by atoms with Gasteiger partial charge < -0.3 is 11.1 Å². The normalized spacial score (nSPS) is 11.5. The minimum Gasteiger partial charge on any atom is -0.325 e. The summed E-state index contributed by atoms with van der Waals surface area (Å²) < 4.78 is 12.7. The van der Waals surface area contributed by atoms with E-state index in [9.17, 15) is 9.18 Å². The third-order valence-electron chi connectivity index (χ3n) is 1.60. The van der Waals surface area contributed by atoms with Crippen molar-refractivity contribution in [2.75, 3.05) is 5.32 Å². The smallest absolute Gasteiger partial charge is 0.240 e. The van der Waals surface area contributed by atoms with Gasteiger partial charge in [-0.1, -0.05) is 11.6 Å². The molecule has 0 radical (unpaired) electrons. The average molecular weight is 253 g/mol. The fourth-order valence-corrected chi connectivity index (χ4v) is 1.01. The Bertz CT molecular complexity index is 358. The number of benzene rings is 1. The SMILES string of the molecule is CC(N)C(=O)Nc1ccc(F)c(Cl)c1.Cl. The van der Waals surface area contributed by atoms with Crippen LogP contribution in [0.4, 0.5) is 10.1 Å². The molecule has 0 aromatic heterocycles. The molecule has 0 heterocycles. The highest BCUT2D eigenvalue weighted by Gasteiger charge is 2.08. The van der Waals surface area contributed by atoms with Crippen molar-refractivity contribution < 1.29 is 9.18 Å². The van der Waals surface area contributed by atoms with Gasteiger partial charge in [0, 0.05) is 5.69 Å². The Kier molecular flexibility index (Phi) is 5.57. The van der Waals surface area contributed by atoms with Crippen molar-refractivity contribution in [1.82, 2.24) is 0 Å². The van der Waals surface area contributed by atoms with Crippen LogP contribution in [0.2, 0.25) is 5.02 Å². The largest absolute Gasteiger partial charge is 0.325 e. The van der Waals surface area contributed by atoms with Gasteiger partial charge >= 0.3 is 0 Å². The lowest BCUT2D eigenvalue weighted by Gasteiger charge is -2.07. The van der Waals surface area contributed by atoms with E-state index in [2.05, 4.69) is 5.32 Å². The second-order valence-corrected chi connectivity index (χ2v) is 3.31. The third-order valence-corrected chi connectivity index (χ3v) is 1.89. The second-order valence-electron chi connectivity index (χ2n) is 2.91. The van der Waals surface area contributed by atoms with E-state index in [1.807, 2.05) is 0 Å². The molecule has 1 amide bonds. The van der Waals surface area contributed by atoms with Crippen molar-refractivity contribution in [3.63, 3.8) is 0 Å². The average Bonchev–Trinajstić information content (AvgIpc) is 2.11. The molecule has 3 N–H and O–H groups in total. The highest BCUT2D eigenvalue weighted by molar-refractivity contribution is 6.31. The van der Waals surface area contributed by atoms with Crippen molar-refractivity contribution in [3.05, 3.63) is 29.0 Å². The van der Waals surface area contributed by atoms with E-state index >= 15 is 0 Å². The van der Waals surface area contributed by atoms with E-state index < -0.39 is 11.9 Å².